The lowest BCUT2D eigenvalue weighted by molar-refractivity contribution is -0.167. The van der Waals surface area contributed by atoms with Gasteiger partial charge in [0.25, 0.3) is 23.6 Å². The standard InChI is InChI=1S/C35H37N7O7S4/c1-7-30-25(44)41-23-32(17-13-9-11-15-19(17)36-23,21(43)34(41,52-50-30)27(46)39(30)5)33-18-14-10-12-16-20(18)37-24(33)42-26(45)31(8-2)40(6)28(47)35(42,53-51-31)22(33)49-29(48)38(3)4/h9-16,21-24,36-37,43H,7-8H2,1-6H3/t21-,22-,23+,24+,30-,31-,32?,33+,34-,35-/m0/s1. The van der Waals surface area contributed by atoms with Crippen molar-refractivity contribution in [3.8, 4) is 0 Å². The Labute approximate surface area is 321 Å². The zero-order chi connectivity index (χ0) is 37.4. The number of likely N-dealkylation sites (N-methyl/N-ethyl adjacent to an activating group) is 2. The van der Waals surface area contributed by atoms with Crippen molar-refractivity contribution < 1.29 is 33.8 Å². The van der Waals surface area contributed by atoms with Crippen LogP contribution >= 0.6 is 43.2 Å². The van der Waals surface area contributed by atoms with E-state index in [2.05, 4.69) is 10.6 Å². The minimum atomic E-state index is -1.82. The van der Waals surface area contributed by atoms with E-state index in [0.717, 1.165) is 0 Å². The molecule has 2 aromatic carbocycles. The first kappa shape index (κ1) is 34.1. The Morgan fingerprint density at radius 1 is 0.736 bits per heavy atom. The summed E-state index contributed by atoms with van der Waals surface area (Å²) in [6.45, 7) is 3.73. The van der Waals surface area contributed by atoms with Crippen LogP contribution in [0.1, 0.15) is 37.8 Å². The molecule has 12 rings (SSSR count). The summed E-state index contributed by atoms with van der Waals surface area (Å²) in [5.74, 6) is -1.50. The lowest BCUT2D eigenvalue weighted by Gasteiger charge is -2.59. The number of piperazine rings is 2. The first-order chi connectivity index (χ1) is 25.3. The van der Waals surface area contributed by atoms with Crippen molar-refractivity contribution >= 4 is 84.3 Å². The Bertz CT molecular complexity index is 2110. The summed E-state index contributed by atoms with van der Waals surface area (Å²) in [5, 5.41) is 20.9. The van der Waals surface area contributed by atoms with Gasteiger partial charge in [-0.15, -0.1) is 0 Å². The summed E-state index contributed by atoms with van der Waals surface area (Å²) >= 11 is 0. The molecular weight excluding hydrogens is 759 g/mol. The van der Waals surface area contributed by atoms with E-state index in [0.29, 0.717) is 35.3 Å². The number of anilines is 2. The molecule has 53 heavy (non-hydrogen) atoms. The lowest BCUT2D eigenvalue weighted by Crippen LogP contribution is -2.78. The van der Waals surface area contributed by atoms with Crippen LogP contribution in [-0.2, 0) is 34.7 Å². The molecule has 1 unspecified atom stereocenters. The molecule has 0 radical (unpaired) electrons. The monoisotopic (exact) mass is 795 g/mol. The Hall–Kier alpha value is -3.45. The van der Waals surface area contributed by atoms with Gasteiger partial charge in [0.1, 0.15) is 18.4 Å². The summed E-state index contributed by atoms with van der Waals surface area (Å²) in [6, 6.07) is 14.8. The van der Waals surface area contributed by atoms with Crippen molar-refractivity contribution in [3.05, 3.63) is 59.7 Å². The molecule has 10 aliphatic heterocycles. The molecule has 10 heterocycles. The fraction of sp³-hybridized carbons (Fsp3) is 0.514. The highest BCUT2D eigenvalue weighted by Gasteiger charge is 2.94. The number of aliphatic hydroxyl groups excluding tert-OH is 1. The molecule has 0 aromatic heterocycles. The number of carbonyl (C=O) groups is 5. The minimum Gasteiger partial charge on any atom is -0.441 e. The molecule has 10 aliphatic rings. The zero-order valence-corrected chi connectivity index (χ0v) is 32.9. The summed E-state index contributed by atoms with van der Waals surface area (Å²) in [5.41, 5.74) is -0.964. The summed E-state index contributed by atoms with van der Waals surface area (Å²) < 4.78 is 6.72. The van der Waals surface area contributed by atoms with Crippen molar-refractivity contribution in [2.75, 3.05) is 38.8 Å². The predicted octanol–water partition coefficient (Wildman–Crippen LogP) is 2.82. The molecule has 278 valence electrons. The Morgan fingerprint density at radius 3 is 1.72 bits per heavy atom. The highest BCUT2D eigenvalue weighted by molar-refractivity contribution is 8.78. The van der Waals surface area contributed by atoms with Crippen molar-refractivity contribution in [1.82, 2.24) is 24.5 Å². The third-order valence-corrected chi connectivity index (χ3v) is 20.8. The largest absolute Gasteiger partial charge is 0.441 e. The molecule has 3 N–H and O–H groups in total. The third-order valence-electron chi connectivity index (χ3n) is 13.2. The molecule has 0 saturated carbocycles. The maximum Gasteiger partial charge on any atom is 0.409 e. The molecule has 2 spiro atoms. The topological polar surface area (TPSA) is 155 Å². The third kappa shape index (κ3) is 3.12. The van der Waals surface area contributed by atoms with Gasteiger partial charge in [0.05, 0.1) is 10.8 Å². The van der Waals surface area contributed by atoms with E-state index >= 15 is 14.4 Å². The Morgan fingerprint density at radius 2 is 1.19 bits per heavy atom. The predicted molar refractivity (Wildman–Crippen MR) is 202 cm³/mol. The number of hydrogen-bond donors (Lipinski definition) is 3. The number of aliphatic hydroxyl groups is 1. The van der Waals surface area contributed by atoms with Gasteiger partial charge in [0.15, 0.2) is 15.8 Å². The molecule has 14 nitrogen and oxygen atoms in total. The SMILES string of the molecule is CC[C@@]12SS[C@]3(C(=O)N1C)[C@@H](O)C1([C@@]45c6ccccc6N[C@@H]4N4C(=O)[C@]6(CC)SS[C@]4(C(=O)N6C)[C@H]5OC(=O)N(C)C)c4ccccc4N[C@@H]1N3C2=O. The van der Waals surface area contributed by atoms with Gasteiger partial charge in [0.2, 0.25) is 9.74 Å². The fourth-order valence-electron chi connectivity index (χ4n) is 10.9. The van der Waals surface area contributed by atoms with Crippen LogP contribution < -0.4 is 10.6 Å². The van der Waals surface area contributed by atoms with E-state index in [-0.39, 0.29) is 11.8 Å². The molecule has 8 saturated heterocycles. The summed E-state index contributed by atoms with van der Waals surface area (Å²) in [6.07, 6.45) is -5.36. The van der Waals surface area contributed by atoms with Crippen LogP contribution in [0, 0.1) is 0 Å². The zero-order valence-electron chi connectivity index (χ0n) is 29.6. The van der Waals surface area contributed by atoms with E-state index in [4.69, 9.17) is 4.74 Å². The van der Waals surface area contributed by atoms with Crippen LogP contribution in [0.4, 0.5) is 16.2 Å². The molecular formula is C35H37N7O7S4. The van der Waals surface area contributed by atoms with Gasteiger partial charge in [0, 0.05) is 39.6 Å². The van der Waals surface area contributed by atoms with E-state index < -0.39 is 72.8 Å². The molecule has 10 atom stereocenters. The second-order valence-corrected chi connectivity index (χ2v) is 20.3. The molecule has 2 aromatic rings. The van der Waals surface area contributed by atoms with Crippen LogP contribution in [0.15, 0.2) is 48.5 Å². The van der Waals surface area contributed by atoms with Gasteiger partial charge < -0.3 is 35.2 Å². The maximum atomic E-state index is 15.3. The van der Waals surface area contributed by atoms with Crippen LogP contribution in [0.3, 0.4) is 0 Å². The highest BCUT2D eigenvalue weighted by Crippen LogP contribution is 2.79. The smallest absolute Gasteiger partial charge is 0.409 e. The van der Waals surface area contributed by atoms with Crippen LogP contribution in [0.2, 0.25) is 0 Å². The molecule has 0 aliphatic carbocycles. The van der Waals surface area contributed by atoms with Crippen LogP contribution in [0.25, 0.3) is 0 Å². The van der Waals surface area contributed by atoms with Gasteiger partial charge >= 0.3 is 6.09 Å². The van der Waals surface area contributed by atoms with Crippen molar-refractivity contribution in [3.63, 3.8) is 0 Å². The summed E-state index contributed by atoms with van der Waals surface area (Å²) in [7, 11) is 11.3. The normalized spacial score (nSPS) is 42.2. The fourth-order valence-corrected chi connectivity index (χ4v) is 18.8. The van der Waals surface area contributed by atoms with E-state index in [9.17, 15) is 14.7 Å². The van der Waals surface area contributed by atoms with Gasteiger partial charge in [-0.3, -0.25) is 29.0 Å². The summed E-state index contributed by atoms with van der Waals surface area (Å²) in [4.78, 5) is 76.0. The molecule has 5 amide bonds. The average Bonchev–Trinajstić information content (AvgIpc) is 3.81. The number of carbonyl (C=O) groups excluding carboxylic acids is 5. The molecule has 8 fully saturated rings. The lowest BCUT2D eigenvalue weighted by atomic mass is 9.52. The average molecular weight is 796 g/mol. The second-order valence-electron chi connectivity index (χ2n) is 15.1. The number of nitrogens with one attached hydrogen (secondary N) is 2. The van der Waals surface area contributed by atoms with E-state index in [1.807, 2.05) is 62.4 Å². The Balaban J connectivity index is 1.37. The number of amides is 5. The van der Waals surface area contributed by atoms with Crippen LogP contribution in [-0.4, -0.2) is 132 Å². The minimum absolute atomic E-state index is 0.313. The number of para-hydroxylation sites is 2. The first-order valence-corrected chi connectivity index (χ1v) is 21.8. The Kier molecular flexibility index (Phi) is 6.58. The molecule has 4 bridgehead atoms. The van der Waals surface area contributed by atoms with Crippen molar-refractivity contribution in [2.45, 2.75) is 81.5 Å². The van der Waals surface area contributed by atoms with Crippen LogP contribution in [0.5, 0.6) is 0 Å². The number of rotatable bonds is 4. The number of nitrogens with zero attached hydrogens (tertiary/aromatic N) is 5. The van der Waals surface area contributed by atoms with Gasteiger partial charge in [-0.05, 0) is 57.7 Å². The van der Waals surface area contributed by atoms with Gasteiger partial charge in [-0.1, -0.05) is 71.8 Å². The number of ether oxygens (including phenoxy) is 1. The number of benzene rings is 2. The number of fused-ring (bicyclic) bond motifs is 11. The van der Waals surface area contributed by atoms with E-state index in [1.165, 1.54) is 57.9 Å². The first-order valence-electron chi connectivity index (χ1n) is 17.5. The quantitative estimate of drug-likeness (QED) is 0.389. The van der Waals surface area contributed by atoms with Gasteiger partial charge in [-0.2, -0.15) is 0 Å². The van der Waals surface area contributed by atoms with E-state index in [1.54, 1.807) is 38.0 Å². The van der Waals surface area contributed by atoms with Gasteiger partial charge in [-0.25, -0.2) is 4.79 Å². The highest BCUT2D eigenvalue weighted by atomic mass is 33.1. The van der Waals surface area contributed by atoms with Crippen molar-refractivity contribution in [1.29, 1.82) is 0 Å². The maximum absolute atomic E-state index is 15.3. The second kappa shape index (κ2) is 10.2. The number of hydrogen-bond acceptors (Lipinski definition) is 13. The van der Waals surface area contributed by atoms with Crippen molar-refractivity contribution in [2.24, 2.45) is 0 Å². The molecule has 18 heteroatoms.